The lowest BCUT2D eigenvalue weighted by Crippen LogP contribution is -2.35. The third-order valence-electron chi connectivity index (χ3n) is 2.65. The molecule has 0 aliphatic carbocycles. The molecule has 4 heteroatoms. The Labute approximate surface area is 124 Å². The number of unbranched alkanes of at least 4 members (excludes halogenated alkanes) is 1. The average molecular weight is 330 g/mol. The van der Waals surface area contributed by atoms with Crippen LogP contribution in [0.25, 0.3) is 0 Å². The van der Waals surface area contributed by atoms with E-state index in [0.29, 0.717) is 6.61 Å². The molecule has 0 radical (unpaired) electrons. The Balaban J connectivity index is 2.56. The molecule has 3 nitrogen and oxygen atoms in total. The van der Waals surface area contributed by atoms with Gasteiger partial charge < -0.3 is 15.2 Å². The summed E-state index contributed by atoms with van der Waals surface area (Å²) in [5.41, 5.74) is 1.28. The van der Waals surface area contributed by atoms with E-state index >= 15 is 0 Å². The number of nitrogens with one attached hydrogen (secondary N) is 1. The van der Waals surface area contributed by atoms with Gasteiger partial charge in [-0.25, -0.2) is 0 Å². The SMILES string of the molecule is CC(C)(C)NCc1cc(OCCCCO)ccc1Br. The molecule has 1 aromatic rings. The second-order valence-corrected chi connectivity index (χ2v) is 6.49. The lowest BCUT2D eigenvalue weighted by atomic mass is 10.1. The Bertz CT molecular complexity index is 388. The van der Waals surface area contributed by atoms with Crippen LogP contribution in [-0.2, 0) is 6.54 Å². The second kappa shape index (κ2) is 7.88. The zero-order valence-corrected chi connectivity index (χ0v) is 13.6. The molecule has 0 atom stereocenters. The first-order chi connectivity index (χ1) is 8.92. The predicted octanol–water partition coefficient (Wildman–Crippen LogP) is 3.49. The van der Waals surface area contributed by atoms with Crippen molar-refractivity contribution in [2.75, 3.05) is 13.2 Å². The first-order valence-corrected chi connectivity index (χ1v) is 7.49. The highest BCUT2D eigenvalue weighted by molar-refractivity contribution is 9.10. The van der Waals surface area contributed by atoms with Gasteiger partial charge in [0, 0.05) is 23.2 Å². The standard InChI is InChI=1S/C15H24BrNO2/c1-15(2,3)17-11-12-10-13(6-7-14(12)16)19-9-5-4-8-18/h6-7,10,17-18H,4-5,8-9,11H2,1-3H3. The molecule has 0 saturated carbocycles. The van der Waals surface area contributed by atoms with Crippen LogP contribution in [0.2, 0.25) is 0 Å². The maximum Gasteiger partial charge on any atom is 0.119 e. The minimum Gasteiger partial charge on any atom is -0.494 e. The molecule has 19 heavy (non-hydrogen) atoms. The van der Waals surface area contributed by atoms with E-state index < -0.39 is 0 Å². The zero-order chi connectivity index (χ0) is 14.3. The molecule has 0 heterocycles. The van der Waals surface area contributed by atoms with E-state index in [1.807, 2.05) is 12.1 Å². The minimum atomic E-state index is 0.0947. The Morgan fingerprint density at radius 2 is 2.00 bits per heavy atom. The van der Waals surface area contributed by atoms with E-state index in [0.717, 1.165) is 29.6 Å². The van der Waals surface area contributed by atoms with E-state index in [1.165, 1.54) is 5.56 Å². The first-order valence-electron chi connectivity index (χ1n) is 6.69. The monoisotopic (exact) mass is 329 g/mol. The molecule has 0 fully saturated rings. The Morgan fingerprint density at radius 3 is 2.63 bits per heavy atom. The average Bonchev–Trinajstić information content (AvgIpc) is 2.34. The summed E-state index contributed by atoms with van der Waals surface area (Å²) in [6.45, 7) is 8.12. The highest BCUT2D eigenvalue weighted by Gasteiger charge is 2.10. The molecule has 108 valence electrons. The molecule has 0 amide bonds. The van der Waals surface area contributed by atoms with Crippen LogP contribution in [0.5, 0.6) is 5.75 Å². The van der Waals surface area contributed by atoms with Crippen molar-refractivity contribution < 1.29 is 9.84 Å². The van der Waals surface area contributed by atoms with E-state index in [9.17, 15) is 0 Å². The Hall–Kier alpha value is -0.580. The number of rotatable bonds is 7. The number of aliphatic hydroxyl groups is 1. The fourth-order valence-electron chi connectivity index (χ4n) is 1.54. The van der Waals surface area contributed by atoms with Gasteiger partial charge in [-0.1, -0.05) is 15.9 Å². The predicted molar refractivity (Wildman–Crippen MR) is 82.5 cm³/mol. The van der Waals surface area contributed by atoms with Crippen molar-refractivity contribution in [1.82, 2.24) is 5.32 Å². The van der Waals surface area contributed by atoms with Gasteiger partial charge in [0.25, 0.3) is 0 Å². The van der Waals surface area contributed by atoms with Gasteiger partial charge in [-0.15, -0.1) is 0 Å². The fourth-order valence-corrected chi connectivity index (χ4v) is 1.93. The van der Waals surface area contributed by atoms with Crippen molar-refractivity contribution in [2.45, 2.75) is 45.7 Å². The largest absolute Gasteiger partial charge is 0.494 e. The van der Waals surface area contributed by atoms with Crippen LogP contribution in [0.1, 0.15) is 39.2 Å². The van der Waals surface area contributed by atoms with Gasteiger partial charge in [0.05, 0.1) is 6.61 Å². The number of hydrogen-bond acceptors (Lipinski definition) is 3. The van der Waals surface area contributed by atoms with Crippen LogP contribution in [0.15, 0.2) is 22.7 Å². The highest BCUT2D eigenvalue weighted by atomic mass is 79.9. The van der Waals surface area contributed by atoms with Gasteiger partial charge in [-0.05, 0) is 57.4 Å². The summed E-state index contributed by atoms with van der Waals surface area (Å²) in [6, 6.07) is 6.03. The Morgan fingerprint density at radius 1 is 1.26 bits per heavy atom. The van der Waals surface area contributed by atoms with Crippen molar-refractivity contribution >= 4 is 15.9 Å². The minimum absolute atomic E-state index is 0.0947. The number of aliphatic hydroxyl groups excluding tert-OH is 1. The summed E-state index contributed by atoms with van der Waals surface area (Å²) in [6.07, 6.45) is 1.66. The lowest BCUT2D eigenvalue weighted by molar-refractivity contribution is 0.253. The molecule has 0 bridgehead atoms. The number of ether oxygens (including phenoxy) is 1. The molecular weight excluding hydrogens is 306 g/mol. The van der Waals surface area contributed by atoms with E-state index in [4.69, 9.17) is 9.84 Å². The normalized spacial score (nSPS) is 11.6. The number of hydrogen-bond donors (Lipinski definition) is 2. The van der Waals surface area contributed by atoms with Crippen molar-refractivity contribution in [2.24, 2.45) is 0 Å². The van der Waals surface area contributed by atoms with Crippen molar-refractivity contribution in [1.29, 1.82) is 0 Å². The molecule has 2 N–H and O–H groups in total. The van der Waals surface area contributed by atoms with Crippen molar-refractivity contribution in [3.05, 3.63) is 28.2 Å². The summed E-state index contributed by atoms with van der Waals surface area (Å²) < 4.78 is 6.77. The topological polar surface area (TPSA) is 41.5 Å². The maximum absolute atomic E-state index is 8.72. The van der Waals surface area contributed by atoms with Gasteiger partial charge in [0.2, 0.25) is 0 Å². The molecule has 0 aliphatic rings. The number of halogens is 1. The number of benzene rings is 1. The van der Waals surface area contributed by atoms with Crippen LogP contribution in [-0.4, -0.2) is 23.9 Å². The van der Waals surface area contributed by atoms with Gasteiger partial charge >= 0.3 is 0 Å². The van der Waals surface area contributed by atoms with E-state index in [2.05, 4.69) is 48.1 Å². The second-order valence-electron chi connectivity index (χ2n) is 5.64. The molecule has 1 aromatic carbocycles. The smallest absolute Gasteiger partial charge is 0.119 e. The highest BCUT2D eigenvalue weighted by Crippen LogP contribution is 2.23. The Kier molecular flexibility index (Phi) is 6.83. The van der Waals surface area contributed by atoms with Gasteiger partial charge in [0.15, 0.2) is 0 Å². The van der Waals surface area contributed by atoms with Crippen LogP contribution in [0.4, 0.5) is 0 Å². The van der Waals surface area contributed by atoms with Crippen molar-refractivity contribution in [3.63, 3.8) is 0 Å². The third kappa shape index (κ3) is 6.95. The summed E-state index contributed by atoms with van der Waals surface area (Å²) in [5.74, 6) is 0.881. The van der Waals surface area contributed by atoms with Gasteiger partial charge in [0.1, 0.15) is 5.75 Å². The summed E-state index contributed by atoms with van der Waals surface area (Å²) in [5, 5.41) is 12.2. The van der Waals surface area contributed by atoms with Crippen LogP contribution in [0, 0.1) is 0 Å². The van der Waals surface area contributed by atoms with Gasteiger partial charge in [-0.3, -0.25) is 0 Å². The summed E-state index contributed by atoms with van der Waals surface area (Å²) in [7, 11) is 0. The molecule has 1 rings (SSSR count). The van der Waals surface area contributed by atoms with Crippen LogP contribution in [0.3, 0.4) is 0 Å². The van der Waals surface area contributed by atoms with Crippen molar-refractivity contribution in [3.8, 4) is 5.75 Å². The van der Waals surface area contributed by atoms with Crippen LogP contribution < -0.4 is 10.1 Å². The summed E-state index contributed by atoms with van der Waals surface area (Å²) in [4.78, 5) is 0. The molecule has 0 aromatic heterocycles. The summed E-state index contributed by atoms with van der Waals surface area (Å²) >= 11 is 3.56. The first kappa shape index (κ1) is 16.5. The molecule has 0 saturated heterocycles. The maximum atomic E-state index is 8.72. The van der Waals surface area contributed by atoms with E-state index in [-0.39, 0.29) is 12.1 Å². The fraction of sp³-hybridized carbons (Fsp3) is 0.600. The van der Waals surface area contributed by atoms with E-state index in [1.54, 1.807) is 0 Å². The van der Waals surface area contributed by atoms with Gasteiger partial charge in [-0.2, -0.15) is 0 Å². The molecular formula is C15H24BrNO2. The quantitative estimate of drug-likeness (QED) is 0.752. The lowest BCUT2D eigenvalue weighted by Gasteiger charge is -2.21. The molecule has 0 unspecified atom stereocenters. The zero-order valence-electron chi connectivity index (χ0n) is 12.0. The third-order valence-corrected chi connectivity index (χ3v) is 3.42. The molecule has 0 spiro atoms. The van der Waals surface area contributed by atoms with Crippen LogP contribution >= 0.6 is 15.9 Å². The molecule has 0 aliphatic heterocycles.